The van der Waals surface area contributed by atoms with Gasteiger partial charge in [0.2, 0.25) is 5.91 Å². The molecule has 0 fully saturated rings. The van der Waals surface area contributed by atoms with Crippen LogP contribution in [0.3, 0.4) is 0 Å². The molecule has 0 spiro atoms. The Labute approximate surface area is 131 Å². The van der Waals surface area contributed by atoms with Crippen molar-refractivity contribution < 1.29 is 9.18 Å². The molecule has 1 amide bonds. The molecule has 1 aromatic heterocycles. The van der Waals surface area contributed by atoms with Crippen LogP contribution in [0.1, 0.15) is 16.8 Å². The van der Waals surface area contributed by atoms with Crippen molar-refractivity contribution >= 4 is 17.7 Å². The Hall–Kier alpha value is -2.15. The highest BCUT2D eigenvalue weighted by molar-refractivity contribution is 7.98. The zero-order valence-corrected chi connectivity index (χ0v) is 13.1. The number of nitrogens with zero attached hydrogens (tertiary/aromatic N) is 1. The lowest BCUT2D eigenvalue weighted by Gasteiger charge is -2.06. The number of aryl methyl sites for hydroxylation is 1. The first-order valence-electron chi connectivity index (χ1n) is 6.67. The van der Waals surface area contributed by atoms with Gasteiger partial charge in [0.25, 0.3) is 5.56 Å². The van der Waals surface area contributed by atoms with E-state index in [1.807, 2.05) is 0 Å². The van der Waals surface area contributed by atoms with Gasteiger partial charge in [-0.3, -0.25) is 9.59 Å². The van der Waals surface area contributed by atoms with Crippen LogP contribution in [0.4, 0.5) is 4.39 Å². The van der Waals surface area contributed by atoms with Crippen molar-refractivity contribution in [3.05, 3.63) is 57.3 Å². The highest BCUT2D eigenvalue weighted by Gasteiger charge is 2.12. The number of carbonyl (C=O) groups is 1. The van der Waals surface area contributed by atoms with Crippen LogP contribution in [0, 0.1) is 12.7 Å². The van der Waals surface area contributed by atoms with Crippen molar-refractivity contribution in [1.82, 2.24) is 15.3 Å². The van der Waals surface area contributed by atoms with E-state index in [0.717, 1.165) is 5.56 Å². The van der Waals surface area contributed by atoms with Crippen LogP contribution in [0.2, 0.25) is 0 Å². The number of halogens is 1. The number of hydrogen-bond donors (Lipinski definition) is 2. The number of rotatable bonds is 5. The Balaban J connectivity index is 2.11. The Kier molecular flexibility index (Phi) is 5.32. The molecule has 2 aromatic rings. The maximum absolute atomic E-state index is 12.8. The minimum Gasteiger partial charge on any atom is -0.359 e. The number of benzene rings is 1. The average molecular weight is 321 g/mol. The van der Waals surface area contributed by atoms with Crippen LogP contribution in [-0.4, -0.2) is 22.9 Å². The normalized spacial score (nSPS) is 10.5. The third-order valence-corrected chi connectivity index (χ3v) is 4.05. The zero-order chi connectivity index (χ0) is 16.1. The summed E-state index contributed by atoms with van der Waals surface area (Å²) in [7, 11) is 1.52. The Morgan fingerprint density at radius 3 is 2.64 bits per heavy atom. The molecule has 5 nitrogen and oxygen atoms in total. The summed E-state index contributed by atoms with van der Waals surface area (Å²) in [5.41, 5.74) is 1.53. The van der Waals surface area contributed by atoms with Crippen molar-refractivity contribution in [3.63, 3.8) is 0 Å². The lowest BCUT2D eigenvalue weighted by atomic mass is 10.1. The standard InChI is InChI=1S/C15H16FN3O2S/c1-9-12(7-13(20)17-2)14(21)19-15(18-9)22-8-10-3-5-11(16)6-4-10/h3-6H,7-8H2,1-2H3,(H,17,20)(H,18,19,21). The van der Waals surface area contributed by atoms with E-state index in [1.54, 1.807) is 19.1 Å². The summed E-state index contributed by atoms with van der Waals surface area (Å²) < 4.78 is 12.8. The second-order valence-electron chi connectivity index (χ2n) is 4.70. The van der Waals surface area contributed by atoms with Gasteiger partial charge in [0.1, 0.15) is 5.82 Å². The number of nitrogens with one attached hydrogen (secondary N) is 2. The first kappa shape index (κ1) is 16.2. The molecule has 116 valence electrons. The van der Waals surface area contributed by atoms with Crippen LogP contribution in [0.5, 0.6) is 0 Å². The van der Waals surface area contributed by atoms with Crippen molar-refractivity contribution in [2.24, 2.45) is 0 Å². The van der Waals surface area contributed by atoms with E-state index in [1.165, 1.54) is 30.9 Å². The molecule has 0 aliphatic rings. The van der Waals surface area contributed by atoms with Gasteiger partial charge in [-0.05, 0) is 24.6 Å². The van der Waals surface area contributed by atoms with Gasteiger partial charge in [-0.1, -0.05) is 23.9 Å². The third-order valence-electron chi connectivity index (χ3n) is 3.11. The van der Waals surface area contributed by atoms with Crippen LogP contribution >= 0.6 is 11.8 Å². The fraction of sp³-hybridized carbons (Fsp3) is 0.267. The molecule has 0 aliphatic carbocycles. The van der Waals surface area contributed by atoms with E-state index in [-0.39, 0.29) is 23.7 Å². The van der Waals surface area contributed by atoms with Gasteiger partial charge in [0, 0.05) is 24.1 Å². The topological polar surface area (TPSA) is 74.8 Å². The van der Waals surface area contributed by atoms with Crippen LogP contribution < -0.4 is 10.9 Å². The molecule has 0 unspecified atom stereocenters. The number of thioether (sulfide) groups is 1. The van der Waals surface area contributed by atoms with Crippen LogP contribution in [-0.2, 0) is 17.0 Å². The summed E-state index contributed by atoms with van der Waals surface area (Å²) in [6.07, 6.45) is 0.00752. The average Bonchev–Trinajstić information content (AvgIpc) is 2.50. The predicted octanol–water partition coefficient (Wildman–Crippen LogP) is 1.80. The first-order valence-corrected chi connectivity index (χ1v) is 7.65. The molecule has 0 bridgehead atoms. The number of likely N-dealkylation sites (N-methyl/N-ethyl adjacent to an activating group) is 1. The monoisotopic (exact) mass is 321 g/mol. The fourth-order valence-electron chi connectivity index (χ4n) is 1.84. The highest BCUT2D eigenvalue weighted by Crippen LogP contribution is 2.19. The Morgan fingerprint density at radius 2 is 2.05 bits per heavy atom. The van der Waals surface area contributed by atoms with Gasteiger partial charge in [-0.25, -0.2) is 9.37 Å². The number of aromatic nitrogens is 2. The van der Waals surface area contributed by atoms with Crippen molar-refractivity contribution in [2.45, 2.75) is 24.3 Å². The summed E-state index contributed by atoms with van der Waals surface area (Å²) >= 11 is 1.35. The number of amides is 1. The third kappa shape index (κ3) is 4.17. The molecule has 2 N–H and O–H groups in total. The van der Waals surface area contributed by atoms with E-state index in [2.05, 4.69) is 15.3 Å². The lowest BCUT2D eigenvalue weighted by molar-refractivity contribution is -0.119. The molecule has 7 heteroatoms. The van der Waals surface area contributed by atoms with Crippen LogP contribution in [0.15, 0.2) is 34.2 Å². The maximum Gasteiger partial charge on any atom is 0.255 e. The van der Waals surface area contributed by atoms with E-state index in [9.17, 15) is 14.0 Å². The van der Waals surface area contributed by atoms with Gasteiger partial charge in [0.15, 0.2) is 5.16 Å². The number of hydrogen-bond acceptors (Lipinski definition) is 4. The minimum atomic E-state index is -0.308. The lowest BCUT2D eigenvalue weighted by Crippen LogP contribution is -2.26. The van der Waals surface area contributed by atoms with E-state index < -0.39 is 0 Å². The molecular formula is C15H16FN3O2S. The molecule has 2 rings (SSSR count). The van der Waals surface area contributed by atoms with Gasteiger partial charge in [-0.2, -0.15) is 0 Å². The second kappa shape index (κ2) is 7.22. The van der Waals surface area contributed by atoms with E-state index >= 15 is 0 Å². The second-order valence-corrected chi connectivity index (χ2v) is 5.66. The molecule has 0 saturated carbocycles. The fourth-order valence-corrected chi connectivity index (χ4v) is 2.70. The molecule has 0 aliphatic heterocycles. The molecule has 0 saturated heterocycles. The highest BCUT2D eigenvalue weighted by atomic mass is 32.2. The number of carbonyl (C=O) groups excluding carboxylic acids is 1. The van der Waals surface area contributed by atoms with Gasteiger partial charge >= 0.3 is 0 Å². The smallest absolute Gasteiger partial charge is 0.255 e. The molecule has 0 radical (unpaired) electrons. The van der Waals surface area contributed by atoms with Crippen molar-refractivity contribution in [1.29, 1.82) is 0 Å². The van der Waals surface area contributed by atoms with Crippen molar-refractivity contribution in [3.8, 4) is 0 Å². The molecule has 22 heavy (non-hydrogen) atoms. The predicted molar refractivity (Wildman–Crippen MR) is 83.3 cm³/mol. The molecule has 1 heterocycles. The molecule has 1 aromatic carbocycles. The number of H-pyrrole nitrogens is 1. The quantitative estimate of drug-likeness (QED) is 0.650. The maximum atomic E-state index is 12.8. The van der Waals surface area contributed by atoms with E-state index in [4.69, 9.17) is 0 Å². The van der Waals surface area contributed by atoms with E-state index in [0.29, 0.717) is 22.2 Å². The summed E-state index contributed by atoms with van der Waals surface area (Å²) in [6.45, 7) is 1.70. The van der Waals surface area contributed by atoms with Crippen LogP contribution in [0.25, 0.3) is 0 Å². The summed E-state index contributed by atoms with van der Waals surface area (Å²) in [6, 6.07) is 6.16. The zero-order valence-electron chi connectivity index (χ0n) is 12.3. The SMILES string of the molecule is CNC(=O)Cc1c(C)nc(SCc2ccc(F)cc2)[nH]c1=O. The summed E-state index contributed by atoms with van der Waals surface area (Å²) in [4.78, 5) is 30.4. The van der Waals surface area contributed by atoms with Crippen molar-refractivity contribution in [2.75, 3.05) is 7.05 Å². The molecule has 0 atom stereocenters. The minimum absolute atomic E-state index is 0.00752. The van der Waals surface area contributed by atoms with Gasteiger partial charge in [-0.15, -0.1) is 0 Å². The first-order chi connectivity index (χ1) is 10.5. The summed E-state index contributed by atoms with van der Waals surface area (Å²) in [5, 5.41) is 2.96. The largest absolute Gasteiger partial charge is 0.359 e. The summed E-state index contributed by atoms with van der Waals surface area (Å²) in [5.74, 6) is 0.0501. The van der Waals surface area contributed by atoms with Gasteiger partial charge in [0.05, 0.1) is 6.42 Å². The number of aromatic amines is 1. The Morgan fingerprint density at radius 1 is 1.36 bits per heavy atom. The van der Waals surface area contributed by atoms with Gasteiger partial charge < -0.3 is 10.3 Å². The Bertz CT molecular complexity index is 729. The molecular weight excluding hydrogens is 305 g/mol.